The van der Waals surface area contributed by atoms with Gasteiger partial charge in [0.25, 0.3) is 5.91 Å². The molecule has 1 saturated heterocycles. The van der Waals surface area contributed by atoms with Crippen LogP contribution in [0.1, 0.15) is 36.3 Å². The van der Waals surface area contributed by atoms with E-state index in [0.29, 0.717) is 36.8 Å². The van der Waals surface area contributed by atoms with Gasteiger partial charge in [0.1, 0.15) is 6.61 Å². The number of amides is 1. The lowest BCUT2D eigenvalue weighted by molar-refractivity contribution is 0.0532. The van der Waals surface area contributed by atoms with Gasteiger partial charge in [0.2, 0.25) is 0 Å². The number of methoxy groups -OCH3 is 1. The van der Waals surface area contributed by atoms with Gasteiger partial charge in [-0.3, -0.25) is 4.79 Å². The molecule has 0 radical (unpaired) electrons. The number of hydrogen-bond acceptors (Lipinski definition) is 6. The normalized spacial score (nSPS) is 17.9. The number of piperidine rings is 1. The van der Waals surface area contributed by atoms with E-state index in [1.807, 2.05) is 10.3 Å². The molecule has 0 aliphatic carbocycles. The summed E-state index contributed by atoms with van der Waals surface area (Å²) < 4.78 is 11.2. The summed E-state index contributed by atoms with van der Waals surface area (Å²) in [6.45, 7) is 5.90. The summed E-state index contributed by atoms with van der Waals surface area (Å²) >= 11 is 1.53. The molecule has 1 aromatic carbocycles. The SMILES string of the molecule is COc1cc(C(=O)N2CCC(N)C(C)(C)C2)ccc1OCc1cscn1.Cl.Cl. The minimum absolute atomic E-state index is 0. The van der Waals surface area contributed by atoms with Gasteiger partial charge in [-0.1, -0.05) is 13.8 Å². The number of benzene rings is 1. The van der Waals surface area contributed by atoms with Gasteiger partial charge >= 0.3 is 0 Å². The molecule has 1 fully saturated rings. The van der Waals surface area contributed by atoms with Crippen LogP contribution in [0.3, 0.4) is 0 Å². The first-order valence-electron chi connectivity index (χ1n) is 8.63. The minimum atomic E-state index is -0.0887. The molecular formula is C19H27Cl2N3O3S. The summed E-state index contributed by atoms with van der Waals surface area (Å²) in [4.78, 5) is 19.0. The van der Waals surface area contributed by atoms with E-state index < -0.39 is 0 Å². The molecule has 3 rings (SSSR count). The molecule has 2 N–H and O–H groups in total. The molecule has 0 spiro atoms. The Labute approximate surface area is 182 Å². The Morgan fingerprint density at radius 1 is 1.36 bits per heavy atom. The van der Waals surface area contributed by atoms with E-state index in [-0.39, 0.29) is 42.2 Å². The zero-order valence-electron chi connectivity index (χ0n) is 16.2. The Hall–Kier alpha value is -1.54. The molecule has 156 valence electrons. The Morgan fingerprint density at radius 2 is 2.11 bits per heavy atom. The number of carbonyl (C=O) groups excluding carboxylic acids is 1. The van der Waals surface area contributed by atoms with Crippen molar-refractivity contribution >= 4 is 42.1 Å². The van der Waals surface area contributed by atoms with Crippen LogP contribution in [0, 0.1) is 5.41 Å². The van der Waals surface area contributed by atoms with Crippen molar-refractivity contribution in [1.82, 2.24) is 9.88 Å². The number of rotatable bonds is 5. The van der Waals surface area contributed by atoms with E-state index in [1.54, 1.807) is 30.8 Å². The zero-order valence-corrected chi connectivity index (χ0v) is 18.7. The molecule has 2 aromatic rings. The molecule has 9 heteroatoms. The molecule has 1 unspecified atom stereocenters. The van der Waals surface area contributed by atoms with Crippen LogP contribution in [0.15, 0.2) is 29.1 Å². The van der Waals surface area contributed by atoms with Crippen LogP contribution in [0.4, 0.5) is 0 Å². The number of halogens is 2. The molecular weight excluding hydrogens is 421 g/mol. The number of aromatic nitrogens is 1. The highest BCUT2D eigenvalue weighted by atomic mass is 35.5. The largest absolute Gasteiger partial charge is 0.493 e. The van der Waals surface area contributed by atoms with Crippen LogP contribution >= 0.6 is 36.2 Å². The minimum Gasteiger partial charge on any atom is -0.493 e. The molecule has 6 nitrogen and oxygen atoms in total. The zero-order chi connectivity index (χ0) is 18.7. The molecule has 0 bridgehead atoms. The summed E-state index contributed by atoms with van der Waals surface area (Å²) in [6.07, 6.45) is 0.810. The summed E-state index contributed by atoms with van der Waals surface area (Å²) in [7, 11) is 1.57. The number of hydrogen-bond donors (Lipinski definition) is 1. The van der Waals surface area contributed by atoms with E-state index in [2.05, 4.69) is 18.8 Å². The molecule has 0 saturated carbocycles. The topological polar surface area (TPSA) is 77.7 Å². The number of ether oxygens (including phenoxy) is 2. The third-order valence-corrected chi connectivity index (χ3v) is 5.50. The molecule has 1 aromatic heterocycles. The predicted molar refractivity (Wildman–Crippen MR) is 116 cm³/mol. The van der Waals surface area contributed by atoms with Crippen LogP contribution < -0.4 is 15.2 Å². The molecule has 28 heavy (non-hydrogen) atoms. The lowest BCUT2D eigenvalue weighted by Gasteiger charge is -2.42. The van der Waals surface area contributed by atoms with Crippen LogP contribution in [0.5, 0.6) is 11.5 Å². The van der Waals surface area contributed by atoms with Gasteiger partial charge in [-0.15, -0.1) is 36.2 Å². The second-order valence-electron chi connectivity index (χ2n) is 7.24. The number of nitrogens with two attached hydrogens (primary N) is 1. The van der Waals surface area contributed by atoms with E-state index >= 15 is 0 Å². The lowest BCUT2D eigenvalue weighted by Crippen LogP contribution is -2.53. The third kappa shape index (κ3) is 5.50. The van der Waals surface area contributed by atoms with Crippen molar-refractivity contribution < 1.29 is 14.3 Å². The summed E-state index contributed by atoms with van der Waals surface area (Å²) in [5.74, 6) is 1.13. The van der Waals surface area contributed by atoms with Crippen molar-refractivity contribution in [3.05, 3.63) is 40.3 Å². The van der Waals surface area contributed by atoms with Gasteiger partial charge in [-0.2, -0.15) is 0 Å². The van der Waals surface area contributed by atoms with Crippen LogP contribution in [-0.2, 0) is 6.61 Å². The maximum atomic E-state index is 12.9. The fraction of sp³-hybridized carbons (Fsp3) is 0.474. The number of nitrogens with zero attached hydrogens (tertiary/aromatic N) is 2. The first-order chi connectivity index (χ1) is 12.4. The van der Waals surface area contributed by atoms with Crippen molar-refractivity contribution in [3.8, 4) is 11.5 Å². The van der Waals surface area contributed by atoms with Crippen molar-refractivity contribution in [2.24, 2.45) is 11.1 Å². The van der Waals surface area contributed by atoms with Gasteiger partial charge in [0, 0.05) is 30.1 Å². The second-order valence-corrected chi connectivity index (χ2v) is 7.96. The van der Waals surface area contributed by atoms with Gasteiger partial charge in [-0.25, -0.2) is 4.98 Å². The van der Waals surface area contributed by atoms with Gasteiger partial charge < -0.3 is 20.1 Å². The van der Waals surface area contributed by atoms with Crippen molar-refractivity contribution in [2.45, 2.75) is 32.9 Å². The van der Waals surface area contributed by atoms with Crippen LogP contribution in [0.25, 0.3) is 0 Å². The molecule has 1 amide bonds. The van der Waals surface area contributed by atoms with E-state index in [1.165, 1.54) is 11.3 Å². The quantitative estimate of drug-likeness (QED) is 0.754. The fourth-order valence-corrected chi connectivity index (χ4v) is 3.65. The summed E-state index contributed by atoms with van der Waals surface area (Å²) in [5.41, 5.74) is 9.31. The second kappa shape index (κ2) is 10.3. The highest BCUT2D eigenvalue weighted by Crippen LogP contribution is 2.32. The lowest BCUT2D eigenvalue weighted by atomic mass is 9.79. The average molecular weight is 448 g/mol. The number of likely N-dealkylation sites (tertiary alicyclic amines) is 1. The van der Waals surface area contributed by atoms with Gasteiger partial charge in [0.05, 0.1) is 18.3 Å². The monoisotopic (exact) mass is 447 g/mol. The molecule has 1 aliphatic heterocycles. The predicted octanol–water partition coefficient (Wildman–Crippen LogP) is 3.77. The third-order valence-electron chi connectivity index (χ3n) is 4.87. The highest BCUT2D eigenvalue weighted by molar-refractivity contribution is 7.07. The van der Waals surface area contributed by atoms with E-state index in [4.69, 9.17) is 15.2 Å². The highest BCUT2D eigenvalue weighted by Gasteiger charge is 2.35. The molecule has 1 aliphatic rings. The first-order valence-corrected chi connectivity index (χ1v) is 9.58. The number of carbonyl (C=O) groups is 1. The average Bonchev–Trinajstić information content (AvgIpc) is 3.15. The van der Waals surface area contributed by atoms with E-state index in [0.717, 1.165) is 12.1 Å². The van der Waals surface area contributed by atoms with Crippen LogP contribution in [0.2, 0.25) is 0 Å². The first kappa shape index (κ1) is 24.5. The van der Waals surface area contributed by atoms with Crippen molar-refractivity contribution in [2.75, 3.05) is 20.2 Å². The Morgan fingerprint density at radius 3 is 2.71 bits per heavy atom. The smallest absolute Gasteiger partial charge is 0.254 e. The standard InChI is InChI=1S/C19H25N3O3S.2ClH/c1-19(2)11-22(7-6-17(19)20)18(23)13-4-5-15(16(8-13)24-3)25-9-14-10-26-12-21-14;;/h4-5,8,10,12,17H,6-7,9,11,20H2,1-3H3;2*1H. The summed E-state index contributed by atoms with van der Waals surface area (Å²) in [6, 6.07) is 5.41. The van der Waals surface area contributed by atoms with Crippen molar-refractivity contribution in [3.63, 3.8) is 0 Å². The van der Waals surface area contributed by atoms with E-state index in [9.17, 15) is 4.79 Å². The molecule has 1 atom stereocenters. The molecule has 2 heterocycles. The van der Waals surface area contributed by atoms with Gasteiger partial charge in [-0.05, 0) is 30.0 Å². The maximum Gasteiger partial charge on any atom is 0.254 e. The van der Waals surface area contributed by atoms with Crippen LogP contribution in [-0.4, -0.2) is 42.0 Å². The fourth-order valence-electron chi connectivity index (χ4n) is 3.11. The maximum absolute atomic E-state index is 12.9. The Bertz CT molecular complexity index is 772. The van der Waals surface area contributed by atoms with Crippen molar-refractivity contribution in [1.29, 1.82) is 0 Å². The Kier molecular flexibility index (Phi) is 9.01. The Balaban J connectivity index is 0.00000196. The summed E-state index contributed by atoms with van der Waals surface area (Å²) in [5, 5.41) is 1.94. The van der Waals surface area contributed by atoms with Gasteiger partial charge in [0.15, 0.2) is 11.5 Å². The number of thiazole rings is 1.